The molecule has 94 valence electrons. The highest BCUT2D eigenvalue weighted by molar-refractivity contribution is 7.98. The maximum absolute atomic E-state index is 5.61. The molecule has 6 nitrogen and oxygen atoms in total. The van der Waals surface area contributed by atoms with Gasteiger partial charge in [-0.3, -0.25) is 0 Å². The summed E-state index contributed by atoms with van der Waals surface area (Å²) in [6, 6.07) is 5.46. The molecule has 7 heteroatoms. The summed E-state index contributed by atoms with van der Waals surface area (Å²) < 4.78 is 0. The van der Waals surface area contributed by atoms with Crippen LogP contribution in [0.1, 0.15) is 5.56 Å². The van der Waals surface area contributed by atoms with Crippen molar-refractivity contribution in [3.63, 3.8) is 0 Å². The van der Waals surface area contributed by atoms with Crippen LogP contribution >= 0.6 is 11.8 Å². The molecular formula is C11H14N6S. The van der Waals surface area contributed by atoms with Gasteiger partial charge in [-0.05, 0) is 17.7 Å². The zero-order valence-electron chi connectivity index (χ0n) is 9.92. The van der Waals surface area contributed by atoms with Crippen molar-refractivity contribution in [2.24, 2.45) is 0 Å². The van der Waals surface area contributed by atoms with Crippen molar-refractivity contribution < 1.29 is 0 Å². The summed E-state index contributed by atoms with van der Waals surface area (Å²) in [6.07, 6.45) is 1.76. The Morgan fingerprint density at radius 2 is 1.94 bits per heavy atom. The Kier molecular flexibility index (Phi) is 3.83. The van der Waals surface area contributed by atoms with E-state index in [-0.39, 0.29) is 0 Å². The number of pyridine rings is 1. The molecule has 5 N–H and O–H groups in total. The molecule has 2 aromatic heterocycles. The Balaban J connectivity index is 2.06. The Bertz CT molecular complexity index is 525. The smallest absolute Gasteiger partial charge is 0.191 e. The van der Waals surface area contributed by atoms with E-state index >= 15 is 0 Å². The summed E-state index contributed by atoms with van der Waals surface area (Å²) >= 11 is 1.48. The molecule has 0 saturated carbocycles. The predicted octanol–water partition coefficient (Wildman–Crippen LogP) is 1.37. The zero-order valence-corrected chi connectivity index (χ0v) is 10.7. The van der Waals surface area contributed by atoms with E-state index in [2.05, 4.69) is 20.3 Å². The number of nitrogens with one attached hydrogen (secondary N) is 1. The minimum Gasteiger partial charge on any atom is -0.383 e. The number of hydrogen-bond acceptors (Lipinski definition) is 7. The fraction of sp³-hybridized carbons (Fsp3) is 0.182. The highest BCUT2D eigenvalue weighted by atomic mass is 32.2. The molecule has 0 unspecified atom stereocenters. The van der Waals surface area contributed by atoms with Crippen molar-refractivity contribution in [2.75, 3.05) is 23.8 Å². The van der Waals surface area contributed by atoms with Gasteiger partial charge in [0.25, 0.3) is 0 Å². The molecular weight excluding hydrogens is 248 g/mol. The number of rotatable bonds is 4. The fourth-order valence-electron chi connectivity index (χ4n) is 1.38. The highest BCUT2D eigenvalue weighted by Gasteiger charge is 2.03. The van der Waals surface area contributed by atoms with E-state index in [1.54, 1.807) is 6.20 Å². The third-order valence-electron chi connectivity index (χ3n) is 2.19. The predicted molar refractivity (Wildman–Crippen MR) is 74.2 cm³/mol. The van der Waals surface area contributed by atoms with Crippen molar-refractivity contribution in [1.82, 2.24) is 15.0 Å². The molecule has 0 aliphatic carbocycles. The average molecular weight is 262 g/mol. The van der Waals surface area contributed by atoms with Gasteiger partial charge in [0.15, 0.2) is 5.16 Å². The zero-order chi connectivity index (χ0) is 13.0. The number of nitrogens with two attached hydrogens (primary N) is 2. The third kappa shape index (κ3) is 3.24. The van der Waals surface area contributed by atoms with E-state index in [9.17, 15) is 0 Å². The second-order valence-electron chi connectivity index (χ2n) is 3.59. The Hall–Kier alpha value is -2.02. The average Bonchev–Trinajstić information content (AvgIpc) is 2.35. The number of anilines is 3. The fourth-order valence-corrected chi connectivity index (χ4v) is 2.19. The molecule has 0 amide bonds. The molecule has 2 rings (SSSR count). The number of aromatic nitrogens is 3. The summed E-state index contributed by atoms with van der Waals surface area (Å²) in [7, 11) is 1.83. The maximum atomic E-state index is 5.61. The van der Waals surface area contributed by atoms with E-state index in [1.807, 2.05) is 19.2 Å². The van der Waals surface area contributed by atoms with Crippen LogP contribution < -0.4 is 16.8 Å². The monoisotopic (exact) mass is 262 g/mol. The first-order chi connectivity index (χ1) is 8.67. The number of hydrogen-bond donors (Lipinski definition) is 3. The number of thioether (sulfide) groups is 1. The van der Waals surface area contributed by atoms with Gasteiger partial charge in [-0.2, -0.15) is 0 Å². The molecule has 0 aliphatic heterocycles. The lowest BCUT2D eigenvalue weighted by Gasteiger charge is -2.04. The summed E-state index contributed by atoms with van der Waals surface area (Å²) in [5.74, 6) is 2.34. The van der Waals surface area contributed by atoms with E-state index in [4.69, 9.17) is 11.5 Å². The maximum Gasteiger partial charge on any atom is 0.191 e. The van der Waals surface area contributed by atoms with Crippen LogP contribution in [0.5, 0.6) is 0 Å². The second-order valence-corrected chi connectivity index (χ2v) is 4.53. The van der Waals surface area contributed by atoms with Gasteiger partial charge in [0.2, 0.25) is 0 Å². The van der Waals surface area contributed by atoms with Crippen LogP contribution in [0.15, 0.2) is 29.6 Å². The molecule has 2 heterocycles. The van der Waals surface area contributed by atoms with Gasteiger partial charge >= 0.3 is 0 Å². The van der Waals surface area contributed by atoms with Crippen LogP contribution in [-0.4, -0.2) is 22.0 Å². The Labute approximate surface area is 109 Å². The molecule has 0 aromatic carbocycles. The first-order valence-electron chi connectivity index (χ1n) is 5.33. The minimum absolute atomic E-state index is 0.385. The molecule has 0 bridgehead atoms. The van der Waals surface area contributed by atoms with Crippen LogP contribution in [-0.2, 0) is 5.75 Å². The van der Waals surface area contributed by atoms with E-state index < -0.39 is 0 Å². The van der Waals surface area contributed by atoms with Crippen LogP contribution in [0.25, 0.3) is 0 Å². The van der Waals surface area contributed by atoms with Crippen LogP contribution in [0, 0.1) is 0 Å². The molecule has 18 heavy (non-hydrogen) atoms. The van der Waals surface area contributed by atoms with Gasteiger partial charge in [0.05, 0.1) is 0 Å². The Morgan fingerprint density at radius 3 is 2.61 bits per heavy atom. The van der Waals surface area contributed by atoms with E-state index in [0.717, 1.165) is 17.1 Å². The minimum atomic E-state index is 0.385. The molecule has 0 fully saturated rings. The van der Waals surface area contributed by atoms with E-state index in [1.165, 1.54) is 17.8 Å². The van der Waals surface area contributed by atoms with Crippen LogP contribution in [0.2, 0.25) is 0 Å². The van der Waals surface area contributed by atoms with Crippen molar-refractivity contribution >= 4 is 29.2 Å². The SMILES string of the molecule is CNc1cc(CSc2nc(N)cc(N)n2)ccn1. The second kappa shape index (κ2) is 5.54. The third-order valence-corrected chi connectivity index (χ3v) is 3.11. The quantitative estimate of drug-likeness (QED) is 0.564. The molecule has 0 radical (unpaired) electrons. The van der Waals surface area contributed by atoms with Crippen molar-refractivity contribution in [1.29, 1.82) is 0 Å². The van der Waals surface area contributed by atoms with Gasteiger partial charge in [0.1, 0.15) is 17.5 Å². The summed E-state index contributed by atoms with van der Waals surface area (Å²) in [6.45, 7) is 0. The van der Waals surface area contributed by atoms with E-state index in [0.29, 0.717) is 16.8 Å². The first kappa shape index (κ1) is 12.4. The topological polar surface area (TPSA) is 103 Å². The van der Waals surface area contributed by atoms with Crippen molar-refractivity contribution in [2.45, 2.75) is 10.9 Å². The lowest BCUT2D eigenvalue weighted by molar-refractivity contribution is 0.984. The van der Waals surface area contributed by atoms with Gasteiger partial charge < -0.3 is 16.8 Å². The normalized spacial score (nSPS) is 10.3. The van der Waals surface area contributed by atoms with Crippen molar-refractivity contribution in [3.05, 3.63) is 30.0 Å². The molecule has 2 aromatic rings. The van der Waals surface area contributed by atoms with Gasteiger partial charge in [-0.15, -0.1) is 0 Å². The lowest BCUT2D eigenvalue weighted by atomic mass is 10.3. The largest absolute Gasteiger partial charge is 0.383 e. The first-order valence-corrected chi connectivity index (χ1v) is 6.31. The molecule has 0 aliphatic rings. The molecule has 0 saturated heterocycles. The highest BCUT2D eigenvalue weighted by Crippen LogP contribution is 2.21. The van der Waals surface area contributed by atoms with Crippen molar-refractivity contribution in [3.8, 4) is 0 Å². The summed E-state index contributed by atoms with van der Waals surface area (Å²) in [5, 5.41) is 3.57. The molecule has 0 spiro atoms. The standard InChI is InChI=1S/C11H14N6S/c1-14-10-4-7(2-3-15-10)6-18-11-16-8(12)5-9(13)17-11/h2-5H,6H2,1H3,(H,14,15)(H4,12,13,16,17). The van der Waals surface area contributed by atoms with Gasteiger partial charge in [-0.25, -0.2) is 15.0 Å². The summed E-state index contributed by atoms with van der Waals surface area (Å²) in [5.41, 5.74) is 12.3. The van der Waals surface area contributed by atoms with Gasteiger partial charge in [-0.1, -0.05) is 11.8 Å². The van der Waals surface area contributed by atoms with Crippen LogP contribution in [0.3, 0.4) is 0 Å². The number of nitrogen functional groups attached to an aromatic ring is 2. The number of nitrogens with zero attached hydrogens (tertiary/aromatic N) is 3. The lowest BCUT2D eigenvalue weighted by Crippen LogP contribution is -1.99. The van der Waals surface area contributed by atoms with Gasteiger partial charge in [0, 0.05) is 25.1 Å². The van der Waals surface area contributed by atoms with Crippen LogP contribution in [0.4, 0.5) is 17.5 Å². The molecule has 0 atom stereocenters. The Morgan fingerprint density at radius 1 is 1.22 bits per heavy atom. The summed E-state index contributed by atoms with van der Waals surface area (Å²) in [4.78, 5) is 12.4.